The molecule has 27 heavy (non-hydrogen) atoms. The zero-order valence-corrected chi connectivity index (χ0v) is 16.8. The number of imidazole rings is 1. The number of nitrogens with two attached hydrogens (primary N) is 1. The maximum atomic E-state index is 12.8. The van der Waals surface area contributed by atoms with Gasteiger partial charge < -0.3 is 10.3 Å². The van der Waals surface area contributed by atoms with Crippen LogP contribution < -0.4 is 11.1 Å². The van der Waals surface area contributed by atoms with Gasteiger partial charge in [0.15, 0.2) is 0 Å². The van der Waals surface area contributed by atoms with E-state index in [1.807, 2.05) is 35.0 Å². The van der Waals surface area contributed by atoms with Gasteiger partial charge in [0.05, 0.1) is 6.54 Å². The minimum atomic E-state index is 0. The van der Waals surface area contributed by atoms with E-state index in [2.05, 4.69) is 10.3 Å². The van der Waals surface area contributed by atoms with Crippen molar-refractivity contribution in [3.63, 3.8) is 0 Å². The number of halogens is 2. The van der Waals surface area contributed by atoms with Crippen molar-refractivity contribution in [2.45, 2.75) is 44.7 Å². The van der Waals surface area contributed by atoms with E-state index in [0.717, 1.165) is 31.2 Å². The third-order valence-electron chi connectivity index (χ3n) is 6.03. The quantitative estimate of drug-likeness (QED) is 0.799. The standard InChI is InChI=1S/C20H25ClN4O.ClH/c21-17-7-2-1-4-15(17)12-25-9-8-23-20(25)24-19(26)16-10-13-5-3-6-14(11-16)18(13)22;/h1-2,4,7-9,13-14,16,18H,3,5-6,10-12,22H2,(H,23,24,26);1H. The molecule has 2 aromatic rings. The van der Waals surface area contributed by atoms with Crippen molar-refractivity contribution in [2.24, 2.45) is 23.5 Å². The van der Waals surface area contributed by atoms with Gasteiger partial charge in [-0.25, -0.2) is 4.98 Å². The van der Waals surface area contributed by atoms with E-state index in [4.69, 9.17) is 17.3 Å². The molecule has 7 heteroatoms. The van der Waals surface area contributed by atoms with Crippen molar-refractivity contribution in [3.8, 4) is 0 Å². The normalized spacial score (nSPS) is 26.9. The molecule has 1 amide bonds. The molecular weight excluding hydrogens is 383 g/mol. The number of rotatable bonds is 4. The van der Waals surface area contributed by atoms with E-state index in [9.17, 15) is 4.79 Å². The molecule has 146 valence electrons. The van der Waals surface area contributed by atoms with Gasteiger partial charge in [0.25, 0.3) is 0 Å². The molecule has 2 saturated carbocycles. The molecular formula is C20H26Cl2N4O. The largest absolute Gasteiger partial charge is 0.327 e. The molecule has 0 radical (unpaired) electrons. The van der Waals surface area contributed by atoms with Crippen molar-refractivity contribution >= 4 is 35.9 Å². The van der Waals surface area contributed by atoms with Gasteiger partial charge in [0, 0.05) is 29.4 Å². The van der Waals surface area contributed by atoms with Crippen LogP contribution in [-0.2, 0) is 11.3 Å². The fourth-order valence-electron chi connectivity index (χ4n) is 4.59. The maximum Gasteiger partial charge on any atom is 0.229 e. The lowest BCUT2D eigenvalue weighted by Crippen LogP contribution is -2.48. The summed E-state index contributed by atoms with van der Waals surface area (Å²) < 4.78 is 1.93. The molecule has 0 spiro atoms. The Labute approximate surface area is 171 Å². The molecule has 2 unspecified atom stereocenters. The van der Waals surface area contributed by atoms with Gasteiger partial charge in [-0.05, 0) is 49.1 Å². The van der Waals surface area contributed by atoms with E-state index in [-0.39, 0.29) is 30.3 Å². The second kappa shape index (κ2) is 8.63. The second-order valence-electron chi connectivity index (χ2n) is 7.66. The van der Waals surface area contributed by atoms with Crippen LogP contribution in [0.1, 0.15) is 37.7 Å². The summed E-state index contributed by atoms with van der Waals surface area (Å²) in [6.07, 6.45) is 8.93. The second-order valence-corrected chi connectivity index (χ2v) is 8.06. The van der Waals surface area contributed by atoms with Crippen LogP contribution in [0.3, 0.4) is 0 Å². The highest BCUT2D eigenvalue weighted by atomic mass is 35.5. The topological polar surface area (TPSA) is 72.9 Å². The van der Waals surface area contributed by atoms with Gasteiger partial charge in [-0.15, -0.1) is 12.4 Å². The third-order valence-corrected chi connectivity index (χ3v) is 6.40. The Bertz CT molecular complexity index is 780. The molecule has 1 aromatic carbocycles. The third kappa shape index (κ3) is 4.31. The van der Waals surface area contributed by atoms with Crippen molar-refractivity contribution in [2.75, 3.05) is 5.32 Å². The summed E-state index contributed by atoms with van der Waals surface area (Å²) in [6, 6.07) is 8.00. The highest BCUT2D eigenvalue weighted by Gasteiger charge is 2.40. The van der Waals surface area contributed by atoms with Crippen molar-refractivity contribution in [1.29, 1.82) is 0 Å². The number of amides is 1. The number of anilines is 1. The molecule has 2 fully saturated rings. The Balaban J connectivity index is 0.00000210. The van der Waals surface area contributed by atoms with E-state index in [1.165, 1.54) is 6.42 Å². The predicted molar refractivity (Wildman–Crippen MR) is 110 cm³/mol. The lowest BCUT2D eigenvalue weighted by atomic mass is 9.65. The Hall–Kier alpha value is -1.56. The highest BCUT2D eigenvalue weighted by Crippen LogP contribution is 2.42. The molecule has 2 aliphatic carbocycles. The molecule has 0 saturated heterocycles. The fourth-order valence-corrected chi connectivity index (χ4v) is 4.78. The number of hydrogen-bond donors (Lipinski definition) is 2. The summed E-state index contributed by atoms with van der Waals surface area (Å²) in [6.45, 7) is 0.579. The molecule has 4 rings (SSSR count). The summed E-state index contributed by atoms with van der Waals surface area (Å²) >= 11 is 6.26. The first-order chi connectivity index (χ1) is 12.6. The molecule has 1 heterocycles. The summed E-state index contributed by atoms with van der Waals surface area (Å²) in [5.41, 5.74) is 7.35. The van der Waals surface area contributed by atoms with Crippen LogP contribution in [0.2, 0.25) is 5.02 Å². The van der Waals surface area contributed by atoms with E-state index in [0.29, 0.717) is 29.4 Å². The Morgan fingerprint density at radius 3 is 2.67 bits per heavy atom. The first-order valence-corrected chi connectivity index (χ1v) is 9.80. The van der Waals surface area contributed by atoms with Crippen LogP contribution in [-0.4, -0.2) is 21.5 Å². The average Bonchev–Trinajstić information content (AvgIpc) is 3.03. The molecule has 0 aliphatic heterocycles. The zero-order valence-electron chi connectivity index (χ0n) is 15.2. The zero-order chi connectivity index (χ0) is 18.1. The highest BCUT2D eigenvalue weighted by molar-refractivity contribution is 6.31. The number of hydrogen-bond acceptors (Lipinski definition) is 3. The molecule has 3 N–H and O–H groups in total. The van der Waals surface area contributed by atoms with E-state index in [1.54, 1.807) is 6.20 Å². The predicted octanol–water partition coefficient (Wildman–Crippen LogP) is 4.10. The fraction of sp³-hybridized carbons (Fsp3) is 0.500. The van der Waals surface area contributed by atoms with Crippen molar-refractivity contribution in [1.82, 2.24) is 9.55 Å². The van der Waals surface area contributed by atoms with Crippen LogP contribution in [0.4, 0.5) is 5.95 Å². The van der Waals surface area contributed by atoms with Gasteiger partial charge in [0.1, 0.15) is 0 Å². The van der Waals surface area contributed by atoms with Gasteiger partial charge in [0.2, 0.25) is 11.9 Å². The number of aromatic nitrogens is 2. The average molecular weight is 409 g/mol. The lowest BCUT2D eigenvalue weighted by Gasteiger charge is -2.43. The number of nitrogens with one attached hydrogen (secondary N) is 1. The van der Waals surface area contributed by atoms with Gasteiger partial charge >= 0.3 is 0 Å². The minimum Gasteiger partial charge on any atom is -0.327 e. The SMILES string of the molecule is Cl.NC1C2CCCC1CC(C(=O)Nc1nccn1Cc1ccccc1Cl)C2. The smallest absolute Gasteiger partial charge is 0.229 e. The number of nitrogens with zero attached hydrogens (tertiary/aromatic N) is 2. The van der Waals surface area contributed by atoms with Crippen molar-refractivity contribution in [3.05, 3.63) is 47.2 Å². The number of carbonyl (C=O) groups excluding carboxylic acids is 1. The molecule has 1 aromatic heterocycles. The molecule has 5 nitrogen and oxygen atoms in total. The summed E-state index contributed by atoms with van der Waals surface area (Å²) in [5, 5.41) is 3.75. The first kappa shape index (κ1) is 20.2. The van der Waals surface area contributed by atoms with Gasteiger partial charge in [-0.1, -0.05) is 36.2 Å². The summed E-state index contributed by atoms with van der Waals surface area (Å²) in [4.78, 5) is 17.2. The summed E-state index contributed by atoms with van der Waals surface area (Å²) in [7, 11) is 0. The Morgan fingerprint density at radius 2 is 1.96 bits per heavy atom. The number of carbonyl (C=O) groups is 1. The lowest BCUT2D eigenvalue weighted by molar-refractivity contribution is -0.122. The van der Waals surface area contributed by atoms with Crippen LogP contribution >= 0.6 is 24.0 Å². The minimum absolute atomic E-state index is 0. The maximum absolute atomic E-state index is 12.8. The van der Waals surface area contributed by atoms with Crippen LogP contribution in [0.5, 0.6) is 0 Å². The van der Waals surface area contributed by atoms with Crippen molar-refractivity contribution < 1.29 is 4.79 Å². The summed E-state index contributed by atoms with van der Waals surface area (Å²) in [5.74, 6) is 1.66. The van der Waals surface area contributed by atoms with Gasteiger partial charge in [-0.3, -0.25) is 10.1 Å². The number of fused-ring (bicyclic) bond motifs is 2. The molecule has 2 aliphatic rings. The Kier molecular flexibility index (Phi) is 6.45. The first-order valence-electron chi connectivity index (χ1n) is 9.43. The monoisotopic (exact) mass is 408 g/mol. The van der Waals surface area contributed by atoms with Gasteiger partial charge in [-0.2, -0.15) is 0 Å². The van der Waals surface area contributed by atoms with Crippen LogP contribution in [0.25, 0.3) is 0 Å². The number of benzene rings is 1. The van der Waals surface area contributed by atoms with E-state index < -0.39 is 0 Å². The molecule has 2 bridgehead atoms. The van der Waals surface area contributed by atoms with Crippen LogP contribution in [0, 0.1) is 17.8 Å². The molecule has 2 atom stereocenters. The van der Waals surface area contributed by atoms with E-state index >= 15 is 0 Å². The Morgan fingerprint density at radius 1 is 1.26 bits per heavy atom. The van der Waals surface area contributed by atoms with Crippen LogP contribution in [0.15, 0.2) is 36.7 Å².